The van der Waals surface area contributed by atoms with Gasteiger partial charge in [-0.15, -0.1) is 11.3 Å². The van der Waals surface area contributed by atoms with Crippen LogP contribution < -0.4 is 5.43 Å². The van der Waals surface area contributed by atoms with E-state index in [1.165, 1.54) is 6.42 Å². The van der Waals surface area contributed by atoms with Crippen molar-refractivity contribution in [3.63, 3.8) is 0 Å². The summed E-state index contributed by atoms with van der Waals surface area (Å²) in [6, 6.07) is 0. The largest absolute Gasteiger partial charge is 0.297 e. The average Bonchev–Trinajstić information content (AvgIpc) is 2.94. The van der Waals surface area contributed by atoms with Crippen molar-refractivity contribution in [2.24, 2.45) is 16.4 Å². The number of thiazole rings is 1. The van der Waals surface area contributed by atoms with Crippen LogP contribution in [-0.2, 0) is 11.2 Å². The summed E-state index contributed by atoms with van der Waals surface area (Å²) in [5.41, 5.74) is 4.85. The molecule has 5 nitrogen and oxygen atoms in total. The second-order valence-electron chi connectivity index (χ2n) is 7.07. The number of nitrogens with zero attached hydrogens (tertiary/aromatic N) is 3. The van der Waals surface area contributed by atoms with E-state index in [0.717, 1.165) is 29.2 Å². The summed E-state index contributed by atoms with van der Waals surface area (Å²) in [6.45, 7) is 6.77. The van der Waals surface area contributed by atoms with Gasteiger partial charge in [0.05, 0.1) is 12.1 Å². The fraction of sp³-hybridized carbons (Fsp3) is 0.562. The highest BCUT2D eigenvalue weighted by molar-refractivity contribution is 7.15. The van der Waals surface area contributed by atoms with E-state index in [1.54, 1.807) is 11.3 Å². The van der Waals surface area contributed by atoms with Crippen molar-refractivity contribution < 1.29 is 4.79 Å². The first-order valence-corrected chi connectivity index (χ1v) is 8.55. The van der Waals surface area contributed by atoms with E-state index in [2.05, 4.69) is 36.3 Å². The molecule has 0 spiro atoms. The Morgan fingerprint density at radius 2 is 2.41 bits per heavy atom. The third-order valence-corrected chi connectivity index (χ3v) is 4.76. The fourth-order valence-electron chi connectivity index (χ4n) is 3.41. The van der Waals surface area contributed by atoms with E-state index in [4.69, 9.17) is 0 Å². The first kappa shape index (κ1) is 15.2. The van der Waals surface area contributed by atoms with Crippen LogP contribution in [0.25, 0.3) is 4.96 Å². The summed E-state index contributed by atoms with van der Waals surface area (Å²) < 4.78 is 1.94. The van der Waals surface area contributed by atoms with Gasteiger partial charge in [-0.2, -0.15) is 5.10 Å². The van der Waals surface area contributed by atoms with Gasteiger partial charge in [0.1, 0.15) is 0 Å². The van der Waals surface area contributed by atoms with Crippen molar-refractivity contribution in [3.8, 4) is 0 Å². The molecule has 2 aromatic heterocycles. The van der Waals surface area contributed by atoms with E-state index < -0.39 is 0 Å². The molecule has 0 saturated heterocycles. The summed E-state index contributed by atoms with van der Waals surface area (Å²) >= 11 is 1.56. The maximum atomic E-state index is 12.0. The van der Waals surface area contributed by atoms with Gasteiger partial charge in [-0.3, -0.25) is 9.20 Å². The summed E-state index contributed by atoms with van der Waals surface area (Å²) in [4.78, 5) is 17.4. The molecule has 6 heteroatoms. The molecule has 0 aromatic carbocycles. The van der Waals surface area contributed by atoms with Crippen molar-refractivity contribution in [3.05, 3.63) is 23.5 Å². The Labute approximate surface area is 134 Å². The number of carbonyl (C=O) groups excluding carboxylic acids is 1. The summed E-state index contributed by atoms with van der Waals surface area (Å²) in [6.07, 6.45) is 7.25. The zero-order valence-corrected chi connectivity index (χ0v) is 14.1. The quantitative estimate of drug-likeness (QED) is 0.883. The molecule has 1 fully saturated rings. The second-order valence-corrected chi connectivity index (χ2v) is 7.94. The van der Waals surface area contributed by atoms with E-state index in [0.29, 0.717) is 5.92 Å². The molecule has 1 aliphatic rings. The molecular weight excluding hydrogens is 296 g/mol. The van der Waals surface area contributed by atoms with E-state index in [9.17, 15) is 4.79 Å². The third-order valence-electron chi connectivity index (χ3n) is 3.99. The monoisotopic (exact) mass is 318 g/mol. The Kier molecular flexibility index (Phi) is 4.04. The Bertz CT molecular complexity index is 684. The second kappa shape index (κ2) is 5.83. The van der Waals surface area contributed by atoms with Crippen LogP contribution in [0.5, 0.6) is 0 Å². The number of fused-ring (bicyclic) bond motifs is 1. The molecule has 22 heavy (non-hydrogen) atoms. The smallest absolute Gasteiger partial charge is 0.246 e. The number of carbonyl (C=O) groups is 1. The number of aromatic nitrogens is 2. The molecule has 0 bridgehead atoms. The van der Waals surface area contributed by atoms with Crippen LogP contribution in [0.2, 0.25) is 0 Å². The van der Waals surface area contributed by atoms with Gasteiger partial charge in [-0.1, -0.05) is 20.8 Å². The third kappa shape index (κ3) is 3.55. The van der Waals surface area contributed by atoms with Gasteiger partial charge in [0, 0.05) is 23.5 Å². The topological polar surface area (TPSA) is 58.8 Å². The van der Waals surface area contributed by atoms with Crippen LogP contribution in [-0.4, -0.2) is 21.0 Å². The molecule has 2 aromatic rings. The standard InChI is InChI=1S/C16H22N4OS/c1-11-6-12(9-16(2,3)8-11)18-19-14(21)7-13-10-20-4-5-22-15(20)17-13/h4-5,10-11H,6-9H2,1-3H3,(H,19,21). The van der Waals surface area contributed by atoms with Gasteiger partial charge in [-0.05, 0) is 30.6 Å². The van der Waals surface area contributed by atoms with E-state index >= 15 is 0 Å². The zero-order chi connectivity index (χ0) is 15.7. The summed E-state index contributed by atoms with van der Waals surface area (Å²) in [5.74, 6) is 0.522. The molecule has 1 aliphatic carbocycles. The molecule has 2 heterocycles. The minimum Gasteiger partial charge on any atom is -0.297 e. The summed E-state index contributed by atoms with van der Waals surface area (Å²) in [7, 11) is 0. The predicted octanol–water partition coefficient (Wildman–Crippen LogP) is 3.26. The Morgan fingerprint density at radius 1 is 1.59 bits per heavy atom. The number of hydrazone groups is 1. The molecular formula is C16H22N4OS. The minimum atomic E-state index is -0.103. The summed E-state index contributed by atoms with van der Waals surface area (Å²) in [5, 5.41) is 6.33. The van der Waals surface area contributed by atoms with Crippen LogP contribution in [0.4, 0.5) is 0 Å². The highest BCUT2D eigenvalue weighted by Crippen LogP contribution is 2.36. The van der Waals surface area contributed by atoms with Gasteiger partial charge in [0.25, 0.3) is 0 Å². The molecule has 118 valence electrons. The van der Waals surface area contributed by atoms with Crippen molar-refractivity contribution in [2.45, 2.75) is 46.5 Å². The lowest BCUT2D eigenvalue weighted by molar-refractivity contribution is -0.120. The highest BCUT2D eigenvalue weighted by Gasteiger charge is 2.29. The lowest BCUT2D eigenvalue weighted by atomic mass is 9.72. The number of imidazole rings is 1. The minimum absolute atomic E-state index is 0.103. The Morgan fingerprint density at radius 3 is 3.14 bits per heavy atom. The number of amides is 1. The molecule has 1 atom stereocenters. The number of rotatable bonds is 3. The van der Waals surface area contributed by atoms with Crippen LogP contribution in [0, 0.1) is 11.3 Å². The van der Waals surface area contributed by atoms with Crippen LogP contribution in [0.1, 0.15) is 45.7 Å². The zero-order valence-electron chi connectivity index (χ0n) is 13.3. The lowest BCUT2D eigenvalue weighted by Crippen LogP contribution is -2.30. The van der Waals surface area contributed by atoms with Crippen molar-refractivity contribution in [2.75, 3.05) is 0 Å². The maximum absolute atomic E-state index is 12.0. The molecule has 1 N–H and O–H groups in total. The van der Waals surface area contributed by atoms with Gasteiger partial charge in [-0.25, -0.2) is 10.4 Å². The first-order chi connectivity index (χ1) is 10.4. The van der Waals surface area contributed by atoms with Gasteiger partial charge in [0.15, 0.2) is 4.96 Å². The molecule has 1 saturated carbocycles. The maximum Gasteiger partial charge on any atom is 0.246 e. The number of nitrogens with one attached hydrogen (secondary N) is 1. The SMILES string of the molecule is CC1CC(=NNC(=O)Cc2cn3ccsc3n2)CC(C)(C)C1. The van der Waals surface area contributed by atoms with Gasteiger partial charge >= 0.3 is 0 Å². The highest BCUT2D eigenvalue weighted by atomic mass is 32.1. The molecule has 3 rings (SSSR count). The van der Waals surface area contributed by atoms with Gasteiger partial charge < -0.3 is 0 Å². The van der Waals surface area contributed by atoms with Crippen LogP contribution in [0.15, 0.2) is 22.9 Å². The molecule has 1 unspecified atom stereocenters. The number of hydrogen-bond acceptors (Lipinski definition) is 4. The molecule has 1 amide bonds. The molecule has 0 aliphatic heterocycles. The average molecular weight is 318 g/mol. The fourth-order valence-corrected chi connectivity index (χ4v) is 4.13. The Balaban J connectivity index is 1.59. The van der Waals surface area contributed by atoms with Crippen molar-refractivity contribution in [1.29, 1.82) is 0 Å². The van der Waals surface area contributed by atoms with E-state index in [-0.39, 0.29) is 17.7 Å². The van der Waals surface area contributed by atoms with Gasteiger partial charge in [0.2, 0.25) is 5.91 Å². The van der Waals surface area contributed by atoms with Crippen molar-refractivity contribution in [1.82, 2.24) is 14.8 Å². The van der Waals surface area contributed by atoms with Crippen LogP contribution in [0.3, 0.4) is 0 Å². The normalized spacial score (nSPS) is 23.0. The first-order valence-electron chi connectivity index (χ1n) is 7.67. The lowest BCUT2D eigenvalue weighted by Gasteiger charge is -2.34. The Hall–Kier alpha value is -1.69. The number of hydrogen-bond donors (Lipinski definition) is 1. The predicted molar refractivity (Wildman–Crippen MR) is 89.1 cm³/mol. The van der Waals surface area contributed by atoms with E-state index in [1.807, 2.05) is 22.2 Å². The molecule has 0 radical (unpaired) electrons. The van der Waals surface area contributed by atoms with Crippen molar-refractivity contribution >= 4 is 27.9 Å². The van der Waals surface area contributed by atoms with Crippen LogP contribution >= 0.6 is 11.3 Å².